The Balaban J connectivity index is 1.66. The fraction of sp³-hybridized carbons (Fsp3) is 0.235. The van der Waals surface area contributed by atoms with Crippen LogP contribution in [0.25, 0.3) is 0 Å². The van der Waals surface area contributed by atoms with Crippen molar-refractivity contribution < 1.29 is 9.59 Å². The van der Waals surface area contributed by atoms with E-state index in [4.69, 9.17) is 0 Å². The largest absolute Gasteiger partial charge is 0.312 e. The first kappa shape index (κ1) is 15.4. The number of nitrogens with one attached hydrogen (secondary N) is 1. The van der Waals surface area contributed by atoms with Crippen LogP contribution < -0.4 is 10.3 Å². The van der Waals surface area contributed by atoms with Crippen molar-refractivity contribution in [3.8, 4) is 0 Å². The van der Waals surface area contributed by atoms with Crippen molar-refractivity contribution in [3.63, 3.8) is 0 Å². The maximum Gasteiger partial charge on any atom is 0.271 e. The van der Waals surface area contributed by atoms with Crippen molar-refractivity contribution in [2.45, 2.75) is 19.8 Å². The summed E-state index contributed by atoms with van der Waals surface area (Å²) in [4.78, 5) is 26.6. The summed E-state index contributed by atoms with van der Waals surface area (Å²) in [6.45, 7) is 2.60. The molecule has 1 aliphatic heterocycles. The highest BCUT2D eigenvalue weighted by atomic mass is 32.1. The van der Waals surface area contributed by atoms with Crippen LogP contribution in [-0.2, 0) is 4.79 Å². The summed E-state index contributed by atoms with van der Waals surface area (Å²) in [5.74, 6) is -0.126. The van der Waals surface area contributed by atoms with Crippen molar-refractivity contribution in [1.82, 2.24) is 5.43 Å². The van der Waals surface area contributed by atoms with Gasteiger partial charge in [-0.15, -0.1) is 11.3 Å². The molecule has 1 N–H and O–H groups in total. The minimum absolute atomic E-state index is 0.137. The summed E-state index contributed by atoms with van der Waals surface area (Å²) < 4.78 is 0. The summed E-state index contributed by atoms with van der Waals surface area (Å²) in [7, 11) is 0. The molecule has 1 aromatic carbocycles. The highest BCUT2D eigenvalue weighted by molar-refractivity contribution is 7.12. The first-order valence-electron chi connectivity index (χ1n) is 7.44. The second-order valence-corrected chi connectivity index (χ2v) is 6.26. The van der Waals surface area contributed by atoms with Gasteiger partial charge >= 0.3 is 0 Å². The van der Waals surface area contributed by atoms with E-state index in [1.165, 1.54) is 0 Å². The van der Waals surface area contributed by atoms with E-state index >= 15 is 0 Å². The number of rotatable bonds is 4. The Kier molecular flexibility index (Phi) is 4.52. The van der Waals surface area contributed by atoms with Crippen LogP contribution in [0, 0.1) is 0 Å². The lowest BCUT2D eigenvalue weighted by Crippen LogP contribution is -2.24. The molecule has 118 valence electrons. The van der Waals surface area contributed by atoms with Gasteiger partial charge < -0.3 is 4.90 Å². The van der Waals surface area contributed by atoms with Crippen LogP contribution in [0.4, 0.5) is 5.69 Å². The second-order valence-electron chi connectivity index (χ2n) is 5.31. The van der Waals surface area contributed by atoms with Gasteiger partial charge in [0.15, 0.2) is 0 Å². The molecule has 0 unspecified atom stereocenters. The summed E-state index contributed by atoms with van der Waals surface area (Å²) in [5, 5.41) is 6.08. The topological polar surface area (TPSA) is 61.8 Å². The van der Waals surface area contributed by atoms with E-state index in [-0.39, 0.29) is 11.8 Å². The van der Waals surface area contributed by atoms with Crippen LogP contribution in [0.5, 0.6) is 0 Å². The van der Waals surface area contributed by atoms with E-state index < -0.39 is 0 Å². The quantitative estimate of drug-likeness (QED) is 0.693. The molecule has 1 aliphatic rings. The molecule has 2 amide bonds. The number of anilines is 1. The molecule has 2 aromatic rings. The average Bonchev–Trinajstić information content (AvgIpc) is 3.24. The minimum Gasteiger partial charge on any atom is -0.312 e. The van der Waals surface area contributed by atoms with Crippen LogP contribution in [0.2, 0.25) is 0 Å². The Morgan fingerprint density at radius 2 is 2.04 bits per heavy atom. The summed E-state index contributed by atoms with van der Waals surface area (Å²) >= 11 is 1.58. The van der Waals surface area contributed by atoms with Crippen LogP contribution in [0.1, 0.15) is 35.0 Å². The van der Waals surface area contributed by atoms with Gasteiger partial charge in [0.25, 0.3) is 5.91 Å². The van der Waals surface area contributed by atoms with Crippen LogP contribution >= 0.6 is 11.3 Å². The molecular weight excluding hydrogens is 310 g/mol. The normalized spacial score (nSPS) is 15.1. The number of carbonyl (C=O) groups is 2. The molecular formula is C17H17N3O2S. The lowest BCUT2D eigenvalue weighted by Gasteiger charge is -2.15. The average molecular weight is 327 g/mol. The predicted molar refractivity (Wildman–Crippen MR) is 92.0 cm³/mol. The number of carbonyl (C=O) groups excluding carboxylic acids is 2. The van der Waals surface area contributed by atoms with Crippen molar-refractivity contribution in [2.75, 3.05) is 11.4 Å². The van der Waals surface area contributed by atoms with Crippen LogP contribution in [0.3, 0.4) is 0 Å². The standard InChI is InChI=1S/C17H17N3O2S/c1-12(15-4-3-11-23-15)18-19-17(22)13-6-8-14(9-7-13)20-10-2-5-16(20)21/h3-4,6-9,11H,2,5,10H2,1H3,(H,19,22)/b18-12-. The molecule has 1 saturated heterocycles. The molecule has 3 rings (SSSR count). The minimum atomic E-state index is -0.264. The number of hydrogen-bond donors (Lipinski definition) is 1. The van der Waals surface area contributed by atoms with E-state index in [1.54, 1.807) is 40.5 Å². The van der Waals surface area contributed by atoms with Crippen LogP contribution in [0.15, 0.2) is 46.9 Å². The van der Waals surface area contributed by atoms with Gasteiger partial charge in [0, 0.05) is 29.1 Å². The van der Waals surface area contributed by atoms with E-state index in [2.05, 4.69) is 10.5 Å². The third-order valence-electron chi connectivity index (χ3n) is 3.72. The fourth-order valence-corrected chi connectivity index (χ4v) is 3.13. The summed E-state index contributed by atoms with van der Waals surface area (Å²) in [6, 6.07) is 10.9. The van der Waals surface area contributed by atoms with E-state index in [1.807, 2.05) is 24.4 Å². The smallest absolute Gasteiger partial charge is 0.271 e. The number of benzene rings is 1. The van der Waals surface area contributed by atoms with Crippen molar-refractivity contribution in [2.24, 2.45) is 5.10 Å². The van der Waals surface area contributed by atoms with Crippen LogP contribution in [-0.4, -0.2) is 24.1 Å². The Morgan fingerprint density at radius 1 is 1.26 bits per heavy atom. The molecule has 0 spiro atoms. The van der Waals surface area contributed by atoms with Gasteiger partial charge in [-0.2, -0.15) is 5.10 Å². The van der Waals surface area contributed by atoms with Gasteiger partial charge in [-0.05, 0) is 49.1 Å². The molecule has 5 nitrogen and oxygen atoms in total. The van der Waals surface area contributed by atoms with Crippen molar-refractivity contribution in [1.29, 1.82) is 0 Å². The van der Waals surface area contributed by atoms with Crippen molar-refractivity contribution >= 4 is 34.6 Å². The van der Waals surface area contributed by atoms with E-state index in [0.717, 1.165) is 29.2 Å². The Labute approximate surface area is 138 Å². The Bertz CT molecular complexity index is 736. The molecule has 0 atom stereocenters. The van der Waals surface area contributed by atoms with E-state index in [9.17, 15) is 9.59 Å². The molecule has 23 heavy (non-hydrogen) atoms. The zero-order valence-corrected chi connectivity index (χ0v) is 13.6. The molecule has 1 aromatic heterocycles. The van der Waals surface area contributed by atoms with Gasteiger partial charge in [0.2, 0.25) is 5.91 Å². The molecule has 1 fully saturated rings. The first-order valence-corrected chi connectivity index (χ1v) is 8.32. The Hall–Kier alpha value is -2.47. The summed E-state index contributed by atoms with van der Waals surface area (Å²) in [5.41, 5.74) is 4.68. The maximum absolute atomic E-state index is 12.1. The maximum atomic E-state index is 12.1. The number of nitrogens with zero attached hydrogens (tertiary/aromatic N) is 2. The second kappa shape index (κ2) is 6.75. The molecule has 2 heterocycles. The van der Waals surface area contributed by atoms with Gasteiger partial charge in [0.1, 0.15) is 0 Å². The molecule has 0 aliphatic carbocycles. The highest BCUT2D eigenvalue weighted by Crippen LogP contribution is 2.21. The SMILES string of the molecule is C/C(=N/NC(=O)c1ccc(N2CCCC2=O)cc1)c1cccs1. The molecule has 0 saturated carbocycles. The monoisotopic (exact) mass is 327 g/mol. The third kappa shape index (κ3) is 3.48. The highest BCUT2D eigenvalue weighted by Gasteiger charge is 2.21. The fourth-order valence-electron chi connectivity index (χ4n) is 2.45. The third-order valence-corrected chi connectivity index (χ3v) is 4.70. The number of amides is 2. The van der Waals surface area contributed by atoms with Gasteiger partial charge in [0.05, 0.1) is 5.71 Å². The number of hydrogen-bond acceptors (Lipinski definition) is 4. The predicted octanol–water partition coefficient (Wildman–Crippen LogP) is 3.03. The lowest BCUT2D eigenvalue weighted by atomic mass is 10.2. The zero-order chi connectivity index (χ0) is 16.2. The molecule has 0 radical (unpaired) electrons. The number of hydrazone groups is 1. The van der Waals surface area contributed by atoms with E-state index in [0.29, 0.717) is 12.0 Å². The first-order chi connectivity index (χ1) is 11.1. The zero-order valence-electron chi connectivity index (χ0n) is 12.8. The lowest BCUT2D eigenvalue weighted by molar-refractivity contribution is -0.117. The molecule has 6 heteroatoms. The Morgan fingerprint density at radius 3 is 2.65 bits per heavy atom. The van der Waals surface area contributed by atoms with Gasteiger partial charge in [-0.1, -0.05) is 6.07 Å². The molecule has 0 bridgehead atoms. The van der Waals surface area contributed by atoms with Crippen molar-refractivity contribution in [3.05, 3.63) is 52.2 Å². The number of thiophene rings is 1. The summed E-state index contributed by atoms with van der Waals surface area (Å²) in [6.07, 6.45) is 1.48. The van der Waals surface area contributed by atoms with Gasteiger partial charge in [-0.3, -0.25) is 9.59 Å². The van der Waals surface area contributed by atoms with Gasteiger partial charge in [-0.25, -0.2) is 5.43 Å².